The van der Waals surface area contributed by atoms with Gasteiger partial charge in [0.25, 0.3) is 0 Å². The van der Waals surface area contributed by atoms with Gasteiger partial charge in [-0.1, -0.05) is 19.1 Å². The Bertz CT molecular complexity index is 859. The molecule has 1 fully saturated rings. The van der Waals surface area contributed by atoms with Crippen molar-refractivity contribution in [3.8, 4) is 11.4 Å². The monoisotopic (exact) mass is 391 g/mol. The molecule has 1 N–H and O–H groups in total. The number of carbonyl (C=O) groups is 1. The van der Waals surface area contributed by atoms with Crippen molar-refractivity contribution in [2.45, 2.75) is 44.0 Å². The van der Waals surface area contributed by atoms with Gasteiger partial charge in [-0.05, 0) is 43.9 Å². The molecule has 1 amide bonds. The molecule has 1 atom stereocenters. The number of benzene rings is 1. The molecule has 1 saturated heterocycles. The van der Waals surface area contributed by atoms with Crippen LogP contribution in [0.4, 0.5) is 0 Å². The number of aromatic nitrogens is 4. The number of tetrazole rings is 1. The van der Waals surface area contributed by atoms with E-state index in [2.05, 4.69) is 25.9 Å². The fraction of sp³-hybridized carbons (Fsp3) is 0.529. The minimum atomic E-state index is -3.59. The molecule has 0 radical (unpaired) electrons. The first-order valence-corrected chi connectivity index (χ1v) is 10.5. The van der Waals surface area contributed by atoms with Crippen molar-refractivity contribution >= 4 is 15.9 Å². The number of nitrogens with one attached hydrogen (secondary N) is 1. The molecule has 3 rings (SSSR count). The largest absolute Gasteiger partial charge is 0.353 e. The van der Waals surface area contributed by atoms with Crippen LogP contribution in [0.15, 0.2) is 29.2 Å². The van der Waals surface area contributed by atoms with E-state index in [1.54, 1.807) is 12.1 Å². The highest BCUT2D eigenvalue weighted by atomic mass is 32.2. The third-order valence-corrected chi connectivity index (χ3v) is 6.81. The highest BCUT2D eigenvalue weighted by Crippen LogP contribution is 2.25. The predicted octanol–water partition coefficient (Wildman–Crippen LogP) is 0.811. The second kappa shape index (κ2) is 8.13. The summed E-state index contributed by atoms with van der Waals surface area (Å²) in [6.45, 7) is 4.65. The molecule has 1 aliphatic rings. The number of nitrogens with zero attached hydrogens (tertiary/aromatic N) is 5. The minimum absolute atomic E-state index is 0.0164. The van der Waals surface area contributed by atoms with Gasteiger partial charge in [0.05, 0.1) is 4.90 Å². The molecule has 2 heterocycles. The Morgan fingerprint density at radius 1 is 1.30 bits per heavy atom. The maximum absolute atomic E-state index is 12.9. The minimum Gasteiger partial charge on any atom is -0.353 e. The zero-order valence-electron chi connectivity index (χ0n) is 15.4. The smallest absolute Gasteiger partial charge is 0.243 e. The first-order chi connectivity index (χ1) is 12.9. The molecule has 1 aromatic heterocycles. The van der Waals surface area contributed by atoms with Crippen LogP contribution in [0, 0.1) is 5.92 Å². The molecule has 27 heavy (non-hydrogen) atoms. The number of amides is 1. The Hall–Kier alpha value is -2.33. The van der Waals surface area contributed by atoms with Crippen LogP contribution in [-0.4, -0.2) is 53.3 Å². The molecule has 0 spiro atoms. The van der Waals surface area contributed by atoms with E-state index in [0.29, 0.717) is 37.3 Å². The second-order valence-electron chi connectivity index (χ2n) is 6.72. The predicted molar refractivity (Wildman–Crippen MR) is 98.0 cm³/mol. The zero-order chi connectivity index (χ0) is 19.4. The van der Waals surface area contributed by atoms with Crippen molar-refractivity contribution in [2.75, 3.05) is 13.1 Å². The number of hydrogen-bond acceptors (Lipinski definition) is 6. The number of rotatable bonds is 6. The van der Waals surface area contributed by atoms with E-state index < -0.39 is 10.0 Å². The van der Waals surface area contributed by atoms with Crippen molar-refractivity contribution in [3.63, 3.8) is 0 Å². The fourth-order valence-electron chi connectivity index (χ4n) is 3.01. The SMILES string of the molecule is CC[C@H](C)NC(=O)C1CCN(S(=O)(=O)c2ccc(-c3nnn[n-]3)cc2)CC1. The van der Waals surface area contributed by atoms with Gasteiger partial charge in [-0.2, -0.15) is 9.52 Å². The van der Waals surface area contributed by atoms with Gasteiger partial charge in [0.15, 0.2) is 0 Å². The molecule has 0 unspecified atom stereocenters. The van der Waals surface area contributed by atoms with Crippen molar-refractivity contribution in [2.24, 2.45) is 5.92 Å². The lowest BCUT2D eigenvalue weighted by Crippen LogP contribution is -2.44. The van der Waals surface area contributed by atoms with Crippen molar-refractivity contribution in [1.29, 1.82) is 0 Å². The average molecular weight is 391 g/mol. The van der Waals surface area contributed by atoms with Crippen LogP contribution in [-0.2, 0) is 14.8 Å². The Morgan fingerprint density at radius 2 is 1.96 bits per heavy atom. The second-order valence-corrected chi connectivity index (χ2v) is 8.66. The maximum atomic E-state index is 12.9. The van der Waals surface area contributed by atoms with Crippen LogP contribution in [0.1, 0.15) is 33.1 Å². The van der Waals surface area contributed by atoms with E-state index >= 15 is 0 Å². The van der Waals surface area contributed by atoms with E-state index in [4.69, 9.17) is 0 Å². The first-order valence-electron chi connectivity index (χ1n) is 9.01. The fourth-order valence-corrected chi connectivity index (χ4v) is 4.48. The summed E-state index contributed by atoms with van der Waals surface area (Å²) in [5, 5.41) is 17.3. The third kappa shape index (κ3) is 4.33. The molecular formula is C17H23N6O3S-. The van der Waals surface area contributed by atoms with Crippen LogP contribution in [0.2, 0.25) is 0 Å². The summed E-state index contributed by atoms with van der Waals surface area (Å²) in [7, 11) is -3.59. The van der Waals surface area contributed by atoms with Crippen molar-refractivity contribution in [3.05, 3.63) is 24.3 Å². The summed E-state index contributed by atoms with van der Waals surface area (Å²) in [5.41, 5.74) is 0.652. The zero-order valence-corrected chi connectivity index (χ0v) is 16.2. The Labute approximate surface area is 158 Å². The van der Waals surface area contributed by atoms with Gasteiger partial charge in [0, 0.05) is 30.9 Å². The van der Waals surface area contributed by atoms with Crippen molar-refractivity contribution < 1.29 is 13.2 Å². The molecule has 0 saturated carbocycles. The Kier molecular flexibility index (Phi) is 5.85. The molecule has 0 aliphatic carbocycles. The quantitative estimate of drug-likeness (QED) is 0.774. The lowest BCUT2D eigenvalue weighted by atomic mass is 9.97. The van der Waals surface area contributed by atoms with Crippen molar-refractivity contribution in [1.82, 2.24) is 30.2 Å². The summed E-state index contributed by atoms with van der Waals surface area (Å²) in [4.78, 5) is 12.5. The van der Waals surface area contributed by atoms with Crippen LogP contribution in [0.25, 0.3) is 11.4 Å². The normalized spacial score (nSPS) is 17.6. The van der Waals surface area contributed by atoms with Crippen LogP contribution in [0.3, 0.4) is 0 Å². The number of hydrogen-bond donors (Lipinski definition) is 1. The van der Waals surface area contributed by atoms with Gasteiger partial charge in [-0.25, -0.2) is 8.42 Å². The van der Waals surface area contributed by atoms with Gasteiger partial charge in [-0.3, -0.25) is 15.1 Å². The van der Waals surface area contributed by atoms with Crippen LogP contribution < -0.4 is 10.4 Å². The van der Waals surface area contributed by atoms with Gasteiger partial charge in [0.1, 0.15) is 0 Å². The lowest BCUT2D eigenvalue weighted by molar-refractivity contribution is -0.126. The molecule has 9 nitrogen and oxygen atoms in total. The average Bonchev–Trinajstić information content (AvgIpc) is 3.23. The lowest BCUT2D eigenvalue weighted by Gasteiger charge is -2.31. The van der Waals surface area contributed by atoms with E-state index in [0.717, 1.165) is 6.42 Å². The topological polar surface area (TPSA) is 119 Å². The van der Waals surface area contributed by atoms with Gasteiger partial charge in [-0.15, -0.1) is 0 Å². The molecule has 146 valence electrons. The number of sulfonamides is 1. The first kappa shape index (κ1) is 19.4. The number of carbonyl (C=O) groups excluding carboxylic acids is 1. The highest BCUT2D eigenvalue weighted by Gasteiger charge is 2.32. The molecule has 1 aliphatic heterocycles. The molecule has 1 aromatic carbocycles. The summed E-state index contributed by atoms with van der Waals surface area (Å²) >= 11 is 0. The Morgan fingerprint density at radius 3 is 2.52 bits per heavy atom. The van der Waals surface area contributed by atoms with E-state index in [1.807, 2.05) is 13.8 Å². The summed E-state index contributed by atoms with van der Waals surface area (Å²) in [6, 6.07) is 6.47. The Balaban J connectivity index is 1.64. The van der Waals surface area contributed by atoms with Gasteiger partial charge < -0.3 is 10.4 Å². The van der Waals surface area contributed by atoms with Gasteiger partial charge in [0.2, 0.25) is 15.9 Å². The van der Waals surface area contributed by atoms with Gasteiger partial charge >= 0.3 is 0 Å². The number of piperidine rings is 1. The molecule has 10 heteroatoms. The molecule has 2 aromatic rings. The molecule has 0 bridgehead atoms. The van der Waals surface area contributed by atoms with E-state index in [1.165, 1.54) is 16.4 Å². The van der Waals surface area contributed by atoms with Crippen LogP contribution >= 0.6 is 0 Å². The summed E-state index contributed by atoms with van der Waals surface area (Å²) in [6.07, 6.45) is 1.92. The summed E-state index contributed by atoms with van der Waals surface area (Å²) in [5.74, 6) is 0.233. The maximum Gasteiger partial charge on any atom is 0.243 e. The van der Waals surface area contributed by atoms with E-state index in [-0.39, 0.29) is 22.8 Å². The highest BCUT2D eigenvalue weighted by molar-refractivity contribution is 7.89. The summed E-state index contributed by atoms with van der Waals surface area (Å²) < 4.78 is 27.2. The van der Waals surface area contributed by atoms with E-state index in [9.17, 15) is 13.2 Å². The van der Waals surface area contributed by atoms with Crippen LogP contribution in [0.5, 0.6) is 0 Å². The third-order valence-electron chi connectivity index (χ3n) is 4.89. The molecular weight excluding hydrogens is 368 g/mol. The standard InChI is InChI=1S/C17H24N6O3S/c1-3-12(2)18-17(24)14-8-10-23(11-9-14)27(25,26)15-6-4-13(5-7-15)16-19-21-22-20-16/h4-7,12,14H,3,8-11H2,1-2H3,(H2,18,19,20,21,22,24)/p-1/t12-/m0/s1.